The van der Waals surface area contributed by atoms with Crippen LogP contribution in [0.1, 0.15) is 24.1 Å². The van der Waals surface area contributed by atoms with Crippen LogP contribution in [-0.4, -0.2) is 9.78 Å². The number of nitrogens with one attached hydrogen (secondary N) is 1. The largest absolute Gasteiger partial charge is 0.396 e. The highest BCUT2D eigenvalue weighted by Gasteiger charge is 2.10. The summed E-state index contributed by atoms with van der Waals surface area (Å²) in [5.74, 6) is 0. The highest BCUT2D eigenvalue weighted by Crippen LogP contribution is 2.26. The Bertz CT molecular complexity index is 594. The molecule has 0 radical (unpaired) electrons. The molecular formula is C13H15N5. The van der Waals surface area contributed by atoms with E-state index in [9.17, 15) is 0 Å². The van der Waals surface area contributed by atoms with E-state index in [1.807, 2.05) is 38.5 Å². The molecule has 5 nitrogen and oxygen atoms in total. The van der Waals surface area contributed by atoms with E-state index in [0.717, 1.165) is 11.3 Å². The van der Waals surface area contributed by atoms with E-state index < -0.39 is 0 Å². The molecule has 92 valence electrons. The molecule has 0 aliphatic heterocycles. The molecule has 1 heterocycles. The number of para-hydroxylation sites is 1. The summed E-state index contributed by atoms with van der Waals surface area (Å²) in [6.45, 7) is 2.02. The van der Waals surface area contributed by atoms with Crippen molar-refractivity contribution in [2.45, 2.75) is 13.0 Å². The first-order valence-corrected chi connectivity index (χ1v) is 5.65. The summed E-state index contributed by atoms with van der Waals surface area (Å²) in [5, 5.41) is 16.3. The zero-order valence-electron chi connectivity index (χ0n) is 10.4. The van der Waals surface area contributed by atoms with Crippen molar-refractivity contribution in [2.24, 2.45) is 7.05 Å². The predicted molar refractivity (Wildman–Crippen MR) is 70.8 cm³/mol. The molecule has 0 bridgehead atoms. The highest BCUT2D eigenvalue weighted by molar-refractivity contribution is 5.73. The Kier molecular flexibility index (Phi) is 3.20. The number of aromatic nitrogens is 2. The Morgan fingerprint density at radius 3 is 2.89 bits per heavy atom. The molecule has 0 aliphatic rings. The average Bonchev–Trinajstić information content (AvgIpc) is 2.78. The second-order valence-electron chi connectivity index (χ2n) is 4.19. The predicted octanol–water partition coefficient (Wildman–Crippen LogP) is 2.05. The summed E-state index contributed by atoms with van der Waals surface area (Å²) in [6.07, 6.45) is 3.75. The summed E-state index contributed by atoms with van der Waals surface area (Å²) < 4.78 is 1.75. The van der Waals surface area contributed by atoms with Gasteiger partial charge in [-0.05, 0) is 19.1 Å². The van der Waals surface area contributed by atoms with Gasteiger partial charge in [0.2, 0.25) is 0 Å². The lowest BCUT2D eigenvalue weighted by molar-refractivity contribution is 0.765. The molecule has 0 amide bonds. The Morgan fingerprint density at radius 1 is 1.50 bits per heavy atom. The normalized spacial score (nSPS) is 11.8. The number of anilines is 2. The molecule has 1 unspecified atom stereocenters. The molecule has 0 spiro atoms. The Labute approximate surface area is 106 Å². The van der Waals surface area contributed by atoms with Crippen molar-refractivity contribution < 1.29 is 0 Å². The van der Waals surface area contributed by atoms with Gasteiger partial charge in [-0.1, -0.05) is 6.07 Å². The van der Waals surface area contributed by atoms with Crippen LogP contribution < -0.4 is 11.1 Å². The zero-order chi connectivity index (χ0) is 13.1. The van der Waals surface area contributed by atoms with Crippen LogP contribution in [0, 0.1) is 11.3 Å². The lowest BCUT2D eigenvalue weighted by Gasteiger charge is -2.15. The lowest BCUT2D eigenvalue weighted by Crippen LogP contribution is -2.08. The number of nitrogens with zero attached hydrogens (tertiary/aromatic N) is 3. The third-order valence-corrected chi connectivity index (χ3v) is 2.82. The third kappa shape index (κ3) is 2.28. The lowest BCUT2D eigenvalue weighted by atomic mass is 10.1. The summed E-state index contributed by atoms with van der Waals surface area (Å²) in [4.78, 5) is 0. The molecular weight excluding hydrogens is 226 g/mol. The quantitative estimate of drug-likeness (QED) is 0.806. The third-order valence-electron chi connectivity index (χ3n) is 2.82. The highest BCUT2D eigenvalue weighted by atomic mass is 15.2. The first-order valence-electron chi connectivity index (χ1n) is 5.65. The van der Waals surface area contributed by atoms with E-state index in [0.29, 0.717) is 11.3 Å². The molecule has 0 saturated heterocycles. The SMILES string of the molecule is CC(Nc1cccc(C#N)c1N)c1cnn(C)c1. The van der Waals surface area contributed by atoms with Gasteiger partial charge in [0.05, 0.1) is 29.2 Å². The minimum atomic E-state index is 0.0787. The van der Waals surface area contributed by atoms with Crippen LogP contribution >= 0.6 is 0 Å². The molecule has 0 aliphatic carbocycles. The Morgan fingerprint density at radius 2 is 2.28 bits per heavy atom. The fraction of sp³-hybridized carbons (Fsp3) is 0.231. The number of benzene rings is 1. The molecule has 2 rings (SSSR count). The summed E-state index contributed by atoms with van der Waals surface area (Å²) in [6, 6.07) is 7.53. The standard InChI is InChI=1S/C13H15N5/c1-9(11-7-16-18(2)8-11)17-12-5-3-4-10(6-14)13(12)15/h3-5,7-9,17H,15H2,1-2H3. The van der Waals surface area contributed by atoms with Crippen molar-refractivity contribution in [3.63, 3.8) is 0 Å². The number of rotatable bonds is 3. The van der Waals surface area contributed by atoms with E-state index >= 15 is 0 Å². The summed E-state index contributed by atoms with van der Waals surface area (Å²) in [7, 11) is 1.88. The number of nitriles is 1. The minimum absolute atomic E-state index is 0.0787. The topological polar surface area (TPSA) is 79.7 Å². The van der Waals surface area contributed by atoms with Crippen molar-refractivity contribution in [1.82, 2.24) is 9.78 Å². The van der Waals surface area contributed by atoms with Gasteiger partial charge in [0.15, 0.2) is 0 Å². The number of nitrogen functional groups attached to an aromatic ring is 1. The maximum absolute atomic E-state index is 8.93. The molecule has 2 aromatic rings. The Hall–Kier alpha value is -2.48. The monoisotopic (exact) mass is 241 g/mol. The molecule has 0 fully saturated rings. The molecule has 5 heteroatoms. The van der Waals surface area contributed by atoms with Gasteiger partial charge in [-0.25, -0.2) is 0 Å². The van der Waals surface area contributed by atoms with Crippen LogP contribution in [-0.2, 0) is 7.05 Å². The van der Waals surface area contributed by atoms with Crippen LogP contribution in [0.5, 0.6) is 0 Å². The first-order chi connectivity index (χ1) is 8.61. The van der Waals surface area contributed by atoms with E-state index in [4.69, 9.17) is 11.0 Å². The number of hydrogen-bond acceptors (Lipinski definition) is 4. The van der Waals surface area contributed by atoms with Gasteiger partial charge in [0, 0.05) is 18.8 Å². The van der Waals surface area contributed by atoms with Crippen LogP contribution in [0.3, 0.4) is 0 Å². The molecule has 1 atom stereocenters. The number of hydrogen-bond donors (Lipinski definition) is 2. The van der Waals surface area contributed by atoms with E-state index in [1.54, 1.807) is 10.7 Å². The van der Waals surface area contributed by atoms with E-state index in [-0.39, 0.29) is 6.04 Å². The van der Waals surface area contributed by atoms with Crippen LogP contribution in [0.25, 0.3) is 0 Å². The van der Waals surface area contributed by atoms with Crippen molar-refractivity contribution >= 4 is 11.4 Å². The fourth-order valence-electron chi connectivity index (χ4n) is 1.77. The van der Waals surface area contributed by atoms with Gasteiger partial charge in [-0.2, -0.15) is 10.4 Å². The second-order valence-corrected chi connectivity index (χ2v) is 4.19. The number of aryl methyl sites for hydroxylation is 1. The molecule has 1 aromatic carbocycles. The van der Waals surface area contributed by atoms with Gasteiger partial charge in [0.1, 0.15) is 6.07 Å². The van der Waals surface area contributed by atoms with E-state index in [2.05, 4.69) is 16.5 Å². The average molecular weight is 241 g/mol. The van der Waals surface area contributed by atoms with Crippen molar-refractivity contribution in [2.75, 3.05) is 11.1 Å². The van der Waals surface area contributed by atoms with Crippen molar-refractivity contribution in [3.05, 3.63) is 41.7 Å². The second kappa shape index (κ2) is 4.80. The van der Waals surface area contributed by atoms with Gasteiger partial charge < -0.3 is 11.1 Å². The minimum Gasteiger partial charge on any atom is -0.396 e. The summed E-state index contributed by atoms with van der Waals surface area (Å²) in [5.41, 5.74) is 8.72. The van der Waals surface area contributed by atoms with Gasteiger partial charge in [-0.15, -0.1) is 0 Å². The first kappa shape index (κ1) is 12.0. The van der Waals surface area contributed by atoms with Crippen molar-refractivity contribution in [1.29, 1.82) is 5.26 Å². The van der Waals surface area contributed by atoms with Crippen molar-refractivity contribution in [3.8, 4) is 6.07 Å². The van der Waals surface area contributed by atoms with Crippen LogP contribution in [0.4, 0.5) is 11.4 Å². The van der Waals surface area contributed by atoms with Crippen LogP contribution in [0.15, 0.2) is 30.6 Å². The summed E-state index contributed by atoms with van der Waals surface area (Å²) >= 11 is 0. The van der Waals surface area contributed by atoms with Gasteiger partial charge in [-0.3, -0.25) is 4.68 Å². The zero-order valence-corrected chi connectivity index (χ0v) is 10.4. The molecule has 1 aromatic heterocycles. The number of nitrogens with two attached hydrogens (primary N) is 1. The molecule has 3 N–H and O–H groups in total. The van der Waals surface area contributed by atoms with Gasteiger partial charge >= 0.3 is 0 Å². The van der Waals surface area contributed by atoms with E-state index in [1.165, 1.54) is 0 Å². The molecule has 0 saturated carbocycles. The van der Waals surface area contributed by atoms with Crippen LogP contribution in [0.2, 0.25) is 0 Å². The van der Waals surface area contributed by atoms with Gasteiger partial charge in [0.25, 0.3) is 0 Å². The fourth-order valence-corrected chi connectivity index (χ4v) is 1.77. The molecule has 18 heavy (non-hydrogen) atoms. The Balaban J connectivity index is 2.22. The smallest absolute Gasteiger partial charge is 0.101 e. The maximum Gasteiger partial charge on any atom is 0.101 e. The maximum atomic E-state index is 8.93.